The molecule has 0 saturated heterocycles. The lowest BCUT2D eigenvalue weighted by atomic mass is 10.0. The Kier molecular flexibility index (Phi) is 3.64. The summed E-state index contributed by atoms with van der Waals surface area (Å²) in [5.74, 6) is -0.00564. The molecule has 0 atom stereocenters. The minimum atomic E-state index is -0.00564. The first-order valence-electron chi connectivity index (χ1n) is 7.86. The highest BCUT2D eigenvalue weighted by molar-refractivity contribution is 6.08. The first-order chi connectivity index (χ1) is 11.8. The van der Waals surface area contributed by atoms with E-state index < -0.39 is 0 Å². The molecule has 0 amide bonds. The lowest BCUT2D eigenvalue weighted by Gasteiger charge is -2.01. The average Bonchev–Trinajstić information content (AvgIpc) is 2.65. The third-order valence-corrected chi connectivity index (χ3v) is 4.07. The molecule has 0 spiro atoms. The Balaban J connectivity index is 1.62. The second-order valence-corrected chi connectivity index (χ2v) is 5.72. The molecule has 0 aliphatic rings. The molecule has 0 fully saturated rings. The van der Waals surface area contributed by atoms with Crippen LogP contribution in [0.15, 0.2) is 85.1 Å². The summed E-state index contributed by atoms with van der Waals surface area (Å²) >= 11 is 0. The van der Waals surface area contributed by atoms with E-state index >= 15 is 0 Å². The fraction of sp³-hybridized carbons (Fsp3) is 0. The van der Waals surface area contributed by atoms with Gasteiger partial charge in [-0.25, -0.2) is 0 Å². The van der Waals surface area contributed by atoms with Crippen LogP contribution in [-0.4, -0.2) is 10.8 Å². The van der Waals surface area contributed by atoms with Gasteiger partial charge in [-0.15, -0.1) is 0 Å². The molecule has 0 N–H and O–H groups in total. The minimum Gasteiger partial charge on any atom is -0.289 e. The van der Waals surface area contributed by atoms with Crippen molar-refractivity contribution in [2.45, 2.75) is 0 Å². The summed E-state index contributed by atoms with van der Waals surface area (Å²) in [4.78, 5) is 16.8. The Hall–Kier alpha value is -3.26. The van der Waals surface area contributed by atoms with Crippen LogP contribution in [0.25, 0.3) is 27.8 Å². The fourth-order valence-electron chi connectivity index (χ4n) is 2.79. The van der Waals surface area contributed by atoms with Crippen molar-refractivity contribution in [3.63, 3.8) is 0 Å². The van der Waals surface area contributed by atoms with Crippen LogP contribution in [0, 0.1) is 0 Å². The van der Waals surface area contributed by atoms with Crippen molar-refractivity contribution >= 4 is 33.5 Å². The number of hydrogen-bond donors (Lipinski definition) is 0. The molecule has 2 heteroatoms. The van der Waals surface area contributed by atoms with Crippen LogP contribution < -0.4 is 0 Å². The number of aromatic nitrogens is 1. The van der Waals surface area contributed by atoms with E-state index in [1.165, 1.54) is 0 Å². The summed E-state index contributed by atoms with van der Waals surface area (Å²) in [5, 5.41) is 3.28. The van der Waals surface area contributed by atoms with Crippen LogP contribution in [-0.2, 0) is 0 Å². The van der Waals surface area contributed by atoms with Gasteiger partial charge in [-0.1, -0.05) is 54.6 Å². The molecule has 2 nitrogen and oxygen atoms in total. The van der Waals surface area contributed by atoms with E-state index in [4.69, 9.17) is 0 Å². The molecule has 114 valence electrons. The van der Waals surface area contributed by atoms with E-state index in [2.05, 4.69) is 4.98 Å². The zero-order valence-electron chi connectivity index (χ0n) is 13.0. The zero-order valence-corrected chi connectivity index (χ0v) is 13.0. The molecule has 24 heavy (non-hydrogen) atoms. The Morgan fingerprint density at radius 3 is 2.42 bits per heavy atom. The second-order valence-electron chi connectivity index (χ2n) is 5.72. The van der Waals surface area contributed by atoms with E-state index in [1.54, 1.807) is 12.3 Å². The number of carbonyl (C=O) groups excluding carboxylic acids is 1. The van der Waals surface area contributed by atoms with E-state index in [-0.39, 0.29) is 5.78 Å². The first kappa shape index (κ1) is 14.3. The molecule has 0 bridgehead atoms. The molecule has 3 aromatic carbocycles. The van der Waals surface area contributed by atoms with Gasteiger partial charge in [0.1, 0.15) is 0 Å². The van der Waals surface area contributed by atoms with E-state index in [9.17, 15) is 4.79 Å². The summed E-state index contributed by atoms with van der Waals surface area (Å²) < 4.78 is 0. The van der Waals surface area contributed by atoms with Crippen molar-refractivity contribution in [2.24, 2.45) is 0 Å². The number of hydrogen-bond acceptors (Lipinski definition) is 2. The Morgan fingerprint density at radius 1 is 0.792 bits per heavy atom. The molecule has 0 saturated carbocycles. The minimum absolute atomic E-state index is 0.00564. The van der Waals surface area contributed by atoms with Gasteiger partial charge in [-0.05, 0) is 46.7 Å². The molecule has 4 rings (SSSR count). The van der Waals surface area contributed by atoms with E-state index in [0.717, 1.165) is 27.2 Å². The number of ketones is 1. The van der Waals surface area contributed by atoms with Crippen LogP contribution in [0.1, 0.15) is 15.9 Å². The van der Waals surface area contributed by atoms with Crippen molar-refractivity contribution < 1.29 is 4.79 Å². The number of benzene rings is 3. The average molecular weight is 309 g/mol. The fourth-order valence-corrected chi connectivity index (χ4v) is 2.79. The quantitative estimate of drug-likeness (QED) is 0.380. The number of pyridine rings is 1. The van der Waals surface area contributed by atoms with Crippen LogP contribution in [0.2, 0.25) is 0 Å². The standard InChI is InChI=1S/C22H15NO/c24-22(20-11-10-17-5-1-2-6-18(17)14-20)12-9-16-13-19-7-3-4-8-21(19)23-15-16/h1-15H/b12-9+. The molecule has 1 aromatic heterocycles. The topological polar surface area (TPSA) is 30.0 Å². The second kappa shape index (κ2) is 6.09. The van der Waals surface area contributed by atoms with Crippen LogP contribution >= 0.6 is 0 Å². The summed E-state index contributed by atoms with van der Waals surface area (Å²) in [6, 6.07) is 23.8. The molecular formula is C22H15NO. The molecule has 0 unspecified atom stereocenters. The predicted octanol–water partition coefficient (Wildman–Crippen LogP) is 5.28. The van der Waals surface area contributed by atoms with Crippen LogP contribution in [0.4, 0.5) is 0 Å². The van der Waals surface area contributed by atoms with Crippen molar-refractivity contribution in [2.75, 3.05) is 0 Å². The van der Waals surface area contributed by atoms with Gasteiger partial charge in [-0.3, -0.25) is 9.78 Å². The number of allylic oxidation sites excluding steroid dienone is 1. The maximum absolute atomic E-state index is 12.4. The van der Waals surface area contributed by atoms with Gasteiger partial charge in [0.05, 0.1) is 5.52 Å². The van der Waals surface area contributed by atoms with E-state index in [1.807, 2.05) is 78.9 Å². The smallest absolute Gasteiger partial charge is 0.185 e. The number of fused-ring (bicyclic) bond motifs is 2. The summed E-state index contributed by atoms with van der Waals surface area (Å²) in [6.07, 6.45) is 5.21. The first-order valence-corrected chi connectivity index (χ1v) is 7.86. The molecule has 4 aromatic rings. The highest BCUT2D eigenvalue weighted by Crippen LogP contribution is 2.17. The Morgan fingerprint density at radius 2 is 1.54 bits per heavy atom. The van der Waals surface area contributed by atoms with Gasteiger partial charge in [-0.2, -0.15) is 0 Å². The van der Waals surface area contributed by atoms with Crippen molar-refractivity contribution in [3.05, 3.63) is 96.2 Å². The number of carbonyl (C=O) groups is 1. The summed E-state index contributed by atoms with van der Waals surface area (Å²) in [5.41, 5.74) is 2.57. The zero-order chi connectivity index (χ0) is 16.4. The Labute approximate surface area is 140 Å². The molecule has 0 aliphatic heterocycles. The van der Waals surface area contributed by atoms with Crippen molar-refractivity contribution in [1.29, 1.82) is 0 Å². The SMILES string of the molecule is O=C(/C=C/c1cnc2ccccc2c1)c1ccc2ccccc2c1. The van der Waals surface area contributed by atoms with Crippen molar-refractivity contribution in [3.8, 4) is 0 Å². The normalized spacial score (nSPS) is 11.3. The predicted molar refractivity (Wildman–Crippen MR) is 99.1 cm³/mol. The highest BCUT2D eigenvalue weighted by atomic mass is 16.1. The lowest BCUT2D eigenvalue weighted by molar-refractivity contribution is 0.104. The molecular weight excluding hydrogens is 294 g/mol. The Bertz CT molecular complexity index is 1080. The largest absolute Gasteiger partial charge is 0.289 e. The van der Waals surface area contributed by atoms with Crippen molar-refractivity contribution in [1.82, 2.24) is 4.98 Å². The highest BCUT2D eigenvalue weighted by Gasteiger charge is 2.03. The monoisotopic (exact) mass is 309 g/mol. The van der Waals surface area contributed by atoms with Gasteiger partial charge < -0.3 is 0 Å². The number of nitrogens with zero attached hydrogens (tertiary/aromatic N) is 1. The summed E-state index contributed by atoms with van der Waals surface area (Å²) in [7, 11) is 0. The van der Waals surface area contributed by atoms with Gasteiger partial charge in [0.25, 0.3) is 0 Å². The summed E-state index contributed by atoms with van der Waals surface area (Å²) in [6.45, 7) is 0. The molecule has 0 radical (unpaired) electrons. The van der Waals surface area contributed by atoms with Crippen LogP contribution in [0.3, 0.4) is 0 Å². The van der Waals surface area contributed by atoms with Gasteiger partial charge in [0, 0.05) is 17.1 Å². The van der Waals surface area contributed by atoms with Crippen LogP contribution in [0.5, 0.6) is 0 Å². The third-order valence-electron chi connectivity index (χ3n) is 4.07. The number of rotatable bonds is 3. The lowest BCUT2D eigenvalue weighted by Crippen LogP contribution is -1.94. The van der Waals surface area contributed by atoms with Gasteiger partial charge >= 0.3 is 0 Å². The van der Waals surface area contributed by atoms with Gasteiger partial charge in [0.2, 0.25) is 0 Å². The number of para-hydroxylation sites is 1. The van der Waals surface area contributed by atoms with Gasteiger partial charge in [0.15, 0.2) is 5.78 Å². The maximum Gasteiger partial charge on any atom is 0.185 e. The third kappa shape index (κ3) is 2.82. The molecule has 1 heterocycles. The maximum atomic E-state index is 12.4. The van der Waals surface area contributed by atoms with E-state index in [0.29, 0.717) is 5.56 Å². The molecule has 0 aliphatic carbocycles.